The average Bonchev–Trinajstić information content (AvgIpc) is 3.15. The molecule has 0 spiro atoms. The summed E-state index contributed by atoms with van der Waals surface area (Å²) in [5.74, 6) is -0.414. The van der Waals surface area contributed by atoms with Gasteiger partial charge in [0.1, 0.15) is 5.65 Å². The minimum Gasteiger partial charge on any atom is -0.356 e. The highest BCUT2D eigenvalue weighted by Gasteiger charge is 2.41. The summed E-state index contributed by atoms with van der Waals surface area (Å²) < 4.78 is 15.8. The lowest BCUT2D eigenvalue weighted by Gasteiger charge is -2.24. The van der Waals surface area contributed by atoms with Gasteiger partial charge in [0.25, 0.3) is 5.91 Å². The Labute approximate surface area is 149 Å². The lowest BCUT2D eigenvalue weighted by atomic mass is 9.89. The Morgan fingerprint density at radius 3 is 2.96 bits per heavy atom. The number of halogens is 2. The fraction of sp³-hybridized carbons (Fsp3) is 0.471. The van der Waals surface area contributed by atoms with Gasteiger partial charge >= 0.3 is 0 Å². The predicted octanol–water partition coefficient (Wildman–Crippen LogP) is 2.11. The Hall–Kier alpha value is -2.15. The number of carbonyl (C=O) groups excluding carboxylic acids is 2. The van der Waals surface area contributed by atoms with Crippen molar-refractivity contribution < 1.29 is 14.0 Å². The van der Waals surface area contributed by atoms with Gasteiger partial charge in [0.15, 0.2) is 5.69 Å². The molecule has 2 aromatic heterocycles. The minimum atomic E-state index is -0.707. The molecule has 1 N–H and O–H groups in total. The lowest BCUT2D eigenvalue weighted by molar-refractivity contribution is -0.124. The van der Waals surface area contributed by atoms with Crippen LogP contribution < -0.4 is 5.32 Å². The molecule has 25 heavy (non-hydrogen) atoms. The maximum Gasteiger partial charge on any atom is 0.277 e. The van der Waals surface area contributed by atoms with Gasteiger partial charge in [-0.2, -0.15) is 4.39 Å². The molecule has 132 valence electrons. The third-order valence-corrected chi connectivity index (χ3v) is 5.64. The number of hydrogen-bond acceptors (Lipinski definition) is 3. The fourth-order valence-corrected chi connectivity index (χ4v) is 4.17. The third kappa shape index (κ3) is 2.76. The summed E-state index contributed by atoms with van der Waals surface area (Å²) in [6.45, 7) is 0.656. The van der Waals surface area contributed by atoms with Gasteiger partial charge in [0.05, 0.1) is 5.02 Å². The van der Waals surface area contributed by atoms with Crippen LogP contribution in [0.1, 0.15) is 29.8 Å². The molecular weight excluding hydrogens is 347 g/mol. The van der Waals surface area contributed by atoms with E-state index in [9.17, 15) is 14.0 Å². The Kier molecular flexibility index (Phi) is 3.91. The van der Waals surface area contributed by atoms with Crippen LogP contribution in [0.4, 0.5) is 4.39 Å². The smallest absolute Gasteiger partial charge is 0.277 e. The molecule has 0 aromatic carbocycles. The van der Waals surface area contributed by atoms with E-state index >= 15 is 0 Å². The standard InChI is InChI=1S/C17H18ClFN4O2/c1-22(12-4-9-6-14(24)20-7-10(9)5-12)17(25)15-16(19)23-8-11(18)2-3-13(23)21-15/h2-3,8-10,12H,4-7H2,1H3,(H,20,24)/t9-,10+,12-/m0/s1. The highest BCUT2D eigenvalue weighted by Crippen LogP contribution is 2.38. The van der Waals surface area contributed by atoms with Crippen molar-refractivity contribution in [2.24, 2.45) is 11.8 Å². The van der Waals surface area contributed by atoms with Crippen LogP contribution in [-0.4, -0.2) is 45.7 Å². The van der Waals surface area contributed by atoms with E-state index in [1.807, 2.05) is 0 Å². The molecule has 0 unspecified atom stereocenters. The summed E-state index contributed by atoms with van der Waals surface area (Å²) in [6, 6.07) is 3.17. The highest BCUT2D eigenvalue weighted by molar-refractivity contribution is 6.30. The maximum absolute atomic E-state index is 14.6. The molecule has 4 rings (SSSR count). The van der Waals surface area contributed by atoms with Crippen LogP contribution in [0.25, 0.3) is 5.65 Å². The van der Waals surface area contributed by atoms with Crippen LogP contribution in [0.5, 0.6) is 0 Å². The Bertz CT molecular complexity index is 868. The van der Waals surface area contributed by atoms with Crippen molar-refractivity contribution in [3.63, 3.8) is 0 Å². The molecule has 1 saturated heterocycles. The van der Waals surface area contributed by atoms with Crippen molar-refractivity contribution in [1.82, 2.24) is 19.6 Å². The third-order valence-electron chi connectivity index (χ3n) is 5.42. The molecule has 2 aromatic rings. The lowest BCUT2D eigenvalue weighted by Crippen LogP contribution is -2.38. The van der Waals surface area contributed by atoms with E-state index in [2.05, 4.69) is 10.3 Å². The molecule has 0 bridgehead atoms. The zero-order chi connectivity index (χ0) is 17.7. The van der Waals surface area contributed by atoms with Gasteiger partial charge in [0, 0.05) is 32.3 Å². The summed E-state index contributed by atoms with van der Waals surface area (Å²) in [7, 11) is 1.68. The number of nitrogens with one attached hydrogen (secondary N) is 1. The largest absolute Gasteiger partial charge is 0.356 e. The number of aromatic nitrogens is 2. The van der Waals surface area contributed by atoms with Crippen LogP contribution in [-0.2, 0) is 4.79 Å². The van der Waals surface area contributed by atoms with Gasteiger partial charge in [-0.15, -0.1) is 0 Å². The second kappa shape index (κ2) is 5.98. The number of hydrogen-bond donors (Lipinski definition) is 1. The summed E-state index contributed by atoms with van der Waals surface area (Å²) in [5.41, 5.74) is 0.141. The summed E-state index contributed by atoms with van der Waals surface area (Å²) in [4.78, 5) is 30.0. The van der Waals surface area contributed by atoms with Crippen LogP contribution in [0.2, 0.25) is 5.02 Å². The van der Waals surface area contributed by atoms with Gasteiger partial charge in [0.2, 0.25) is 11.9 Å². The molecular formula is C17H18ClFN4O2. The van der Waals surface area contributed by atoms with Crippen LogP contribution in [0, 0.1) is 17.8 Å². The SMILES string of the molecule is CN(C(=O)c1nc2ccc(Cl)cn2c1F)[C@H]1C[C@H]2CC(=O)NC[C@H]2C1. The number of carbonyl (C=O) groups is 2. The molecule has 1 saturated carbocycles. The number of imidazole rings is 1. The van der Waals surface area contributed by atoms with E-state index in [-0.39, 0.29) is 17.6 Å². The number of rotatable bonds is 2. The van der Waals surface area contributed by atoms with Crippen molar-refractivity contribution in [3.8, 4) is 0 Å². The molecule has 2 fully saturated rings. The fourth-order valence-electron chi connectivity index (χ4n) is 4.01. The van der Waals surface area contributed by atoms with Crippen LogP contribution in [0.3, 0.4) is 0 Å². The van der Waals surface area contributed by atoms with E-state index in [0.717, 1.165) is 12.8 Å². The van der Waals surface area contributed by atoms with Gasteiger partial charge in [-0.3, -0.25) is 14.0 Å². The average molecular weight is 365 g/mol. The first-order valence-corrected chi connectivity index (χ1v) is 8.69. The molecule has 3 atom stereocenters. The summed E-state index contributed by atoms with van der Waals surface area (Å²) in [5, 5.41) is 3.24. The number of piperidine rings is 1. The number of fused-ring (bicyclic) bond motifs is 2. The monoisotopic (exact) mass is 364 g/mol. The second-order valence-electron chi connectivity index (χ2n) is 6.90. The van der Waals surface area contributed by atoms with Crippen LogP contribution >= 0.6 is 11.6 Å². The first-order valence-electron chi connectivity index (χ1n) is 8.31. The number of nitrogens with zero attached hydrogens (tertiary/aromatic N) is 3. The van der Waals surface area contributed by atoms with Crippen molar-refractivity contribution >= 4 is 29.1 Å². The van der Waals surface area contributed by atoms with Gasteiger partial charge in [-0.1, -0.05) is 11.6 Å². The highest BCUT2D eigenvalue weighted by atomic mass is 35.5. The Morgan fingerprint density at radius 1 is 1.40 bits per heavy atom. The van der Waals surface area contributed by atoms with Gasteiger partial charge < -0.3 is 10.2 Å². The van der Waals surface area contributed by atoms with Gasteiger partial charge in [-0.25, -0.2) is 4.98 Å². The molecule has 0 radical (unpaired) electrons. The first kappa shape index (κ1) is 16.3. The van der Waals surface area contributed by atoms with Crippen molar-refractivity contribution in [2.75, 3.05) is 13.6 Å². The minimum absolute atomic E-state index is 0.0111. The number of amides is 2. The van der Waals surface area contributed by atoms with E-state index < -0.39 is 11.9 Å². The van der Waals surface area contributed by atoms with Crippen LogP contribution in [0.15, 0.2) is 18.3 Å². The number of pyridine rings is 1. The molecule has 2 amide bonds. The maximum atomic E-state index is 14.6. The van der Waals surface area contributed by atoms with E-state index in [1.165, 1.54) is 10.6 Å². The van der Waals surface area contributed by atoms with E-state index in [0.29, 0.717) is 35.5 Å². The van der Waals surface area contributed by atoms with Crippen molar-refractivity contribution in [2.45, 2.75) is 25.3 Å². The van der Waals surface area contributed by atoms with E-state index in [1.54, 1.807) is 24.1 Å². The normalized spacial score (nSPS) is 25.7. The molecule has 3 heterocycles. The second-order valence-corrected chi connectivity index (χ2v) is 7.33. The van der Waals surface area contributed by atoms with Crippen molar-refractivity contribution in [3.05, 3.63) is 35.0 Å². The summed E-state index contributed by atoms with van der Waals surface area (Å²) in [6.07, 6.45) is 3.48. The Balaban J connectivity index is 1.57. The quantitative estimate of drug-likeness (QED) is 0.887. The van der Waals surface area contributed by atoms with E-state index in [4.69, 9.17) is 11.6 Å². The molecule has 6 nitrogen and oxygen atoms in total. The Morgan fingerprint density at radius 2 is 2.16 bits per heavy atom. The molecule has 1 aliphatic carbocycles. The zero-order valence-corrected chi connectivity index (χ0v) is 14.5. The molecule has 2 aliphatic rings. The van der Waals surface area contributed by atoms with Gasteiger partial charge in [-0.05, 0) is 36.8 Å². The molecule has 8 heteroatoms. The first-order chi connectivity index (χ1) is 11.9. The summed E-state index contributed by atoms with van der Waals surface area (Å²) >= 11 is 5.88. The zero-order valence-electron chi connectivity index (χ0n) is 13.7. The van der Waals surface area contributed by atoms with Crippen molar-refractivity contribution in [1.29, 1.82) is 0 Å². The predicted molar refractivity (Wildman–Crippen MR) is 89.9 cm³/mol. The topological polar surface area (TPSA) is 66.7 Å². The molecule has 1 aliphatic heterocycles.